The minimum atomic E-state index is -0.514. The van der Waals surface area contributed by atoms with Crippen molar-refractivity contribution in [3.8, 4) is 0 Å². The van der Waals surface area contributed by atoms with E-state index in [9.17, 15) is 8.78 Å². The van der Waals surface area contributed by atoms with E-state index in [4.69, 9.17) is 0 Å². The van der Waals surface area contributed by atoms with E-state index in [1.54, 1.807) is 0 Å². The average molecular weight is 269 g/mol. The first-order chi connectivity index (χ1) is 9.25. The molecule has 0 aromatic heterocycles. The van der Waals surface area contributed by atoms with Crippen molar-refractivity contribution in [3.05, 3.63) is 29.8 Å². The summed E-state index contributed by atoms with van der Waals surface area (Å²) in [6, 6.07) is 3.93. The molecule has 0 aliphatic carbocycles. The Kier molecular flexibility index (Phi) is 8.19. The van der Waals surface area contributed by atoms with Crippen LogP contribution in [0.5, 0.6) is 0 Å². The fraction of sp³-hybridized carbons (Fsp3) is 0.625. The molecule has 1 rings (SSSR count). The Hall–Kier alpha value is -1.12. The number of nitrogens with one attached hydrogen (secondary N) is 1. The van der Waals surface area contributed by atoms with Crippen LogP contribution in [-0.2, 0) is 0 Å². The second-order valence-electron chi connectivity index (χ2n) is 5.00. The molecule has 0 bridgehead atoms. The van der Waals surface area contributed by atoms with Crippen molar-refractivity contribution in [2.75, 3.05) is 11.9 Å². The molecule has 1 N–H and O–H groups in total. The topological polar surface area (TPSA) is 12.0 Å². The maximum absolute atomic E-state index is 13.3. The number of para-hydroxylation sites is 1. The lowest BCUT2D eigenvalue weighted by Crippen LogP contribution is -2.05. The molecule has 0 atom stereocenters. The third kappa shape index (κ3) is 6.55. The van der Waals surface area contributed by atoms with Crippen LogP contribution in [0.3, 0.4) is 0 Å². The zero-order chi connectivity index (χ0) is 13.9. The van der Waals surface area contributed by atoms with Gasteiger partial charge in [0.25, 0.3) is 0 Å². The lowest BCUT2D eigenvalue weighted by molar-refractivity contribution is 0.574. The molecule has 108 valence electrons. The Balaban J connectivity index is 2.05. The summed E-state index contributed by atoms with van der Waals surface area (Å²) in [5.41, 5.74) is 0.00504. The van der Waals surface area contributed by atoms with Gasteiger partial charge in [-0.3, -0.25) is 0 Å². The van der Waals surface area contributed by atoms with Gasteiger partial charge in [-0.2, -0.15) is 0 Å². The number of halogens is 2. The van der Waals surface area contributed by atoms with Gasteiger partial charge >= 0.3 is 0 Å². The molecule has 0 fully saturated rings. The number of rotatable bonds is 10. The molecule has 1 aromatic rings. The monoisotopic (exact) mass is 269 g/mol. The highest BCUT2D eigenvalue weighted by Gasteiger charge is 2.06. The second-order valence-corrected chi connectivity index (χ2v) is 5.00. The summed E-state index contributed by atoms with van der Waals surface area (Å²) in [6.07, 6.45) is 9.81. The Morgan fingerprint density at radius 1 is 0.842 bits per heavy atom. The van der Waals surface area contributed by atoms with Crippen LogP contribution < -0.4 is 5.32 Å². The summed E-state index contributed by atoms with van der Waals surface area (Å²) in [6.45, 7) is 2.85. The van der Waals surface area contributed by atoms with Gasteiger partial charge in [-0.1, -0.05) is 57.9 Å². The number of anilines is 1. The first kappa shape index (κ1) is 15.9. The Labute approximate surface area is 115 Å². The highest BCUT2D eigenvalue weighted by atomic mass is 19.1. The van der Waals surface area contributed by atoms with Crippen molar-refractivity contribution in [2.24, 2.45) is 0 Å². The van der Waals surface area contributed by atoms with Crippen molar-refractivity contribution >= 4 is 5.69 Å². The summed E-state index contributed by atoms with van der Waals surface area (Å²) >= 11 is 0. The second kappa shape index (κ2) is 9.76. The molecule has 1 aromatic carbocycles. The largest absolute Gasteiger partial charge is 0.380 e. The molecule has 1 nitrogen and oxygen atoms in total. The normalized spacial score (nSPS) is 10.7. The predicted octanol–water partition coefficient (Wildman–Crippen LogP) is 5.52. The van der Waals surface area contributed by atoms with Gasteiger partial charge in [0.2, 0.25) is 0 Å². The molecular weight excluding hydrogens is 244 g/mol. The van der Waals surface area contributed by atoms with Crippen LogP contribution in [0.1, 0.15) is 58.3 Å². The molecule has 0 saturated carbocycles. The van der Waals surface area contributed by atoms with E-state index < -0.39 is 11.6 Å². The lowest BCUT2D eigenvalue weighted by atomic mass is 10.1. The maximum atomic E-state index is 13.3. The number of hydrogen-bond acceptors (Lipinski definition) is 1. The minimum Gasteiger partial charge on any atom is -0.380 e. The molecule has 0 unspecified atom stereocenters. The van der Waals surface area contributed by atoms with Gasteiger partial charge in [0.1, 0.15) is 17.3 Å². The van der Waals surface area contributed by atoms with Gasteiger partial charge in [-0.25, -0.2) is 8.78 Å². The van der Waals surface area contributed by atoms with Crippen LogP contribution in [-0.4, -0.2) is 6.54 Å². The Morgan fingerprint density at radius 2 is 1.37 bits per heavy atom. The van der Waals surface area contributed by atoms with E-state index in [1.807, 2.05) is 0 Å². The molecule has 3 heteroatoms. The van der Waals surface area contributed by atoms with E-state index >= 15 is 0 Å². The minimum absolute atomic E-state index is 0.00504. The first-order valence-corrected chi connectivity index (χ1v) is 7.43. The van der Waals surface area contributed by atoms with Crippen LogP contribution in [0.2, 0.25) is 0 Å². The molecule has 0 heterocycles. The Morgan fingerprint density at radius 3 is 1.95 bits per heavy atom. The van der Waals surface area contributed by atoms with Crippen molar-refractivity contribution in [2.45, 2.75) is 58.3 Å². The highest BCUT2D eigenvalue weighted by molar-refractivity contribution is 5.45. The maximum Gasteiger partial charge on any atom is 0.149 e. The smallest absolute Gasteiger partial charge is 0.149 e. The first-order valence-electron chi connectivity index (χ1n) is 7.43. The van der Waals surface area contributed by atoms with Crippen LogP contribution >= 0.6 is 0 Å². The average Bonchev–Trinajstić information content (AvgIpc) is 2.40. The van der Waals surface area contributed by atoms with E-state index in [-0.39, 0.29) is 5.69 Å². The van der Waals surface area contributed by atoms with Crippen LogP contribution in [0.15, 0.2) is 18.2 Å². The summed E-state index contributed by atoms with van der Waals surface area (Å²) in [7, 11) is 0. The lowest BCUT2D eigenvalue weighted by Gasteiger charge is -2.08. The van der Waals surface area contributed by atoms with Gasteiger partial charge in [0.15, 0.2) is 0 Å². The summed E-state index contributed by atoms with van der Waals surface area (Å²) in [4.78, 5) is 0. The SMILES string of the molecule is CCCCCCCCCCNc1c(F)cccc1F. The van der Waals surface area contributed by atoms with E-state index in [2.05, 4.69) is 12.2 Å². The van der Waals surface area contributed by atoms with Gasteiger partial charge < -0.3 is 5.32 Å². The molecule has 0 saturated heterocycles. The van der Waals surface area contributed by atoms with Gasteiger partial charge in [0.05, 0.1) is 0 Å². The third-order valence-corrected chi connectivity index (χ3v) is 3.29. The molecule has 19 heavy (non-hydrogen) atoms. The van der Waals surface area contributed by atoms with E-state index in [1.165, 1.54) is 56.7 Å². The highest BCUT2D eigenvalue weighted by Crippen LogP contribution is 2.18. The number of benzene rings is 1. The molecule has 0 aliphatic heterocycles. The van der Waals surface area contributed by atoms with Crippen LogP contribution in [0.25, 0.3) is 0 Å². The van der Waals surface area contributed by atoms with Crippen molar-refractivity contribution in [1.82, 2.24) is 0 Å². The van der Waals surface area contributed by atoms with Crippen LogP contribution in [0.4, 0.5) is 14.5 Å². The summed E-state index contributed by atoms with van der Waals surface area (Å²) < 4.78 is 26.6. The summed E-state index contributed by atoms with van der Waals surface area (Å²) in [5, 5.41) is 2.84. The van der Waals surface area contributed by atoms with Crippen molar-refractivity contribution < 1.29 is 8.78 Å². The van der Waals surface area contributed by atoms with E-state index in [0.717, 1.165) is 12.8 Å². The number of hydrogen-bond donors (Lipinski definition) is 1. The molecular formula is C16H25F2N. The van der Waals surface area contributed by atoms with Gasteiger partial charge in [-0.05, 0) is 18.6 Å². The van der Waals surface area contributed by atoms with Crippen molar-refractivity contribution in [1.29, 1.82) is 0 Å². The summed E-state index contributed by atoms with van der Waals surface area (Å²) in [5.74, 6) is -1.03. The van der Waals surface area contributed by atoms with Crippen molar-refractivity contribution in [3.63, 3.8) is 0 Å². The quantitative estimate of drug-likeness (QED) is 0.552. The molecule has 0 amide bonds. The van der Waals surface area contributed by atoms with Gasteiger partial charge in [0, 0.05) is 6.54 Å². The van der Waals surface area contributed by atoms with Gasteiger partial charge in [-0.15, -0.1) is 0 Å². The molecule has 0 spiro atoms. The van der Waals surface area contributed by atoms with E-state index in [0.29, 0.717) is 6.54 Å². The standard InChI is InChI=1S/C16H25F2N/c1-2-3-4-5-6-7-8-9-13-19-16-14(17)11-10-12-15(16)18/h10-12,19H,2-9,13H2,1H3. The fourth-order valence-electron chi connectivity index (χ4n) is 2.14. The molecule has 0 radical (unpaired) electrons. The predicted molar refractivity (Wildman–Crippen MR) is 77.5 cm³/mol. The third-order valence-electron chi connectivity index (χ3n) is 3.29. The molecule has 0 aliphatic rings. The van der Waals surface area contributed by atoms with Crippen LogP contribution in [0, 0.1) is 11.6 Å². The fourth-order valence-corrected chi connectivity index (χ4v) is 2.14. The zero-order valence-corrected chi connectivity index (χ0v) is 11.9. The Bertz CT molecular complexity index is 332. The zero-order valence-electron chi connectivity index (χ0n) is 11.9. The number of unbranched alkanes of at least 4 members (excludes halogenated alkanes) is 7.